The van der Waals surface area contributed by atoms with Crippen LogP contribution in [-0.4, -0.2) is 140 Å². The van der Waals surface area contributed by atoms with Crippen molar-refractivity contribution in [2.24, 2.45) is 11.8 Å². The lowest BCUT2D eigenvalue weighted by Crippen LogP contribution is -2.57. The number of alkyl halides is 2. The summed E-state index contributed by atoms with van der Waals surface area (Å²) in [6.45, 7) is 12.3. The second-order valence-corrected chi connectivity index (χ2v) is 27.6. The van der Waals surface area contributed by atoms with E-state index in [0.717, 1.165) is 42.0 Å². The van der Waals surface area contributed by atoms with E-state index in [9.17, 15) is 31.9 Å². The van der Waals surface area contributed by atoms with Gasteiger partial charge in [0, 0.05) is 63.9 Å². The van der Waals surface area contributed by atoms with Crippen LogP contribution in [0.25, 0.3) is 0 Å². The number of hydrogen-bond donors (Lipinski definition) is 2. The molecule has 3 aliphatic heterocycles. The Morgan fingerprint density at radius 2 is 1.86 bits per heavy atom. The molecule has 18 heteroatoms. The molecule has 3 heterocycles. The zero-order chi connectivity index (χ0) is 47.2. The molecule has 1 saturated heterocycles. The summed E-state index contributed by atoms with van der Waals surface area (Å²) in [6.07, 6.45) is 7.86. The van der Waals surface area contributed by atoms with Crippen molar-refractivity contribution < 1.29 is 45.8 Å². The van der Waals surface area contributed by atoms with Gasteiger partial charge in [-0.1, -0.05) is 56.7 Å². The molecule has 2 aliphatic carbocycles. The molecule has 2 amide bonds. The fraction of sp³-hybridized carbons (Fsp3) is 0.660. The zero-order valence-electron chi connectivity index (χ0n) is 39.0. The molecule has 0 radical (unpaired) electrons. The molecule has 7 rings (SSSR count). The van der Waals surface area contributed by atoms with Crippen LogP contribution in [0.5, 0.6) is 5.75 Å². The molecule has 2 aromatic carbocycles. The van der Waals surface area contributed by atoms with Gasteiger partial charge in [0.05, 0.1) is 44.5 Å². The van der Waals surface area contributed by atoms with E-state index >= 15 is 0 Å². The first kappa shape index (κ1) is 49.7. The first-order valence-electron chi connectivity index (χ1n) is 23.0. The number of nitrogens with zero attached hydrogens (tertiary/aromatic N) is 4. The maximum absolute atomic E-state index is 14.5. The Kier molecular flexibility index (Phi) is 14.6. The standard InChI is InChI=1S/C47H68ClF2N5O8SSi/c1-44(2,3)65(6,7)63-24-21-53(5)64(59,60)51-43(57)47(58)27-42(56)52(4)20-9-8-12-40(61-23-22-54-30-46(49,50)31-54)37-16-13-34(37)28-55-29-45(32-62-41-18-14-35(47)26-39(41)55)19-10-11-33-25-36(48)15-17-38(33)45/h8,12,14-15,17-18,25-26,34,37,40,58H,9-11,13,16,19-24,27-32H2,1-7H3,(H,51,57)/b12-8-/t34-,37+,40-,45-,47+/m0/s1. The molecule has 1 saturated carbocycles. The number of benzene rings is 2. The Labute approximate surface area is 390 Å². The van der Waals surface area contributed by atoms with Crippen molar-refractivity contribution in [3.63, 3.8) is 0 Å². The Bertz CT molecular complexity index is 2220. The number of likely N-dealkylation sites (tertiary alicyclic amines) is 1. The number of halogens is 3. The second kappa shape index (κ2) is 19.1. The summed E-state index contributed by atoms with van der Waals surface area (Å²) in [4.78, 5) is 33.9. The van der Waals surface area contributed by atoms with Gasteiger partial charge in [0.15, 0.2) is 13.9 Å². The Balaban J connectivity index is 1.22. The number of amides is 2. The number of hydrogen-bond acceptors (Lipinski definition) is 10. The number of rotatable bonds is 11. The lowest BCUT2D eigenvalue weighted by Gasteiger charge is -2.46. The van der Waals surface area contributed by atoms with Crippen molar-refractivity contribution in [3.05, 3.63) is 70.3 Å². The van der Waals surface area contributed by atoms with E-state index in [0.29, 0.717) is 55.7 Å². The topological polar surface area (TPSA) is 141 Å². The zero-order valence-corrected chi connectivity index (χ0v) is 41.6. The molecule has 13 nitrogen and oxygen atoms in total. The van der Waals surface area contributed by atoms with E-state index in [-0.39, 0.29) is 61.3 Å². The van der Waals surface area contributed by atoms with Gasteiger partial charge in [-0.05, 0) is 109 Å². The number of anilines is 1. The minimum absolute atomic E-state index is 0.0453. The lowest BCUT2D eigenvalue weighted by atomic mass is 9.68. The van der Waals surface area contributed by atoms with Crippen LogP contribution in [0.2, 0.25) is 23.2 Å². The quantitative estimate of drug-likeness (QED) is 0.190. The summed E-state index contributed by atoms with van der Waals surface area (Å²) in [5, 5.41) is 13.2. The number of aryl methyl sites for hydroxylation is 1. The monoisotopic (exact) mass is 963 g/mol. The third-order valence-corrected chi connectivity index (χ3v) is 21.2. The van der Waals surface area contributed by atoms with Gasteiger partial charge in [-0.25, -0.2) is 13.5 Å². The van der Waals surface area contributed by atoms with E-state index in [1.54, 1.807) is 24.1 Å². The highest BCUT2D eigenvalue weighted by Gasteiger charge is 2.48. The number of carbonyl (C=O) groups is 2. The van der Waals surface area contributed by atoms with Crippen LogP contribution in [0.15, 0.2) is 48.6 Å². The Morgan fingerprint density at radius 1 is 1.11 bits per heavy atom. The van der Waals surface area contributed by atoms with Crippen LogP contribution >= 0.6 is 11.6 Å². The summed E-state index contributed by atoms with van der Waals surface area (Å²) in [6, 6.07) is 10.9. The van der Waals surface area contributed by atoms with Crippen LogP contribution in [-0.2, 0) is 46.4 Å². The van der Waals surface area contributed by atoms with E-state index in [2.05, 4.69) is 49.6 Å². The summed E-state index contributed by atoms with van der Waals surface area (Å²) in [5.74, 6) is -3.70. The van der Waals surface area contributed by atoms with E-state index < -0.39 is 53.7 Å². The first-order valence-corrected chi connectivity index (χ1v) is 27.7. The van der Waals surface area contributed by atoms with Gasteiger partial charge >= 0.3 is 10.2 Å². The van der Waals surface area contributed by atoms with Gasteiger partial charge in [-0.2, -0.15) is 12.7 Å². The third-order valence-electron chi connectivity index (χ3n) is 15.0. The second-order valence-electron chi connectivity index (χ2n) is 20.6. The Hall–Kier alpha value is -3.16. The Morgan fingerprint density at radius 3 is 2.55 bits per heavy atom. The molecule has 65 heavy (non-hydrogen) atoms. The summed E-state index contributed by atoms with van der Waals surface area (Å²) in [7, 11) is -3.80. The lowest BCUT2D eigenvalue weighted by molar-refractivity contribution is -0.148. The molecule has 5 atom stereocenters. The number of likely N-dealkylation sites (N-methyl/N-ethyl adjacent to an activating group) is 1. The molecular formula is C47H68ClF2N5O8SSi. The van der Waals surface area contributed by atoms with Crippen LogP contribution in [0.3, 0.4) is 0 Å². The summed E-state index contributed by atoms with van der Waals surface area (Å²) < 4.78 is 77.3. The molecular weight excluding hydrogens is 896 g/mol. The number of carbonyl (C=O) groups excluding carboxylic acids is 2. The van der Waals surface area contributed by atoms with Crippen molar-refractivity contribution in [1.82, 2.24) is 18.8 Å². The highest BCUT2D eigenvalue weighted by Crippen LogP contribution is 2.48. The molecule has 360 valence electrons. The van der Waals surface area contributed by atoms with Gasteiger partial charge < -0.3 is 28.8 Å². The van der Waals surface area contributed by atoms with Crippen LogP contribution in [0, 0.1) is 11.8 Å². The molecule has 0 unspecified atom stereocenters. The fourth-order valence-electron chi connectivity index (χ4n) is 9.65. The summed E-state index contributed by atoms with van der Waals surface area (Å²) in [5.41, 5.74) is -0.0651. The normalized spacial score (nSPS) is 28.1. The van der Waals surface area contributed by atoms with Crippen LogP contribution in [0.4, 0.5) is 14.5 Å². The first-order chi connectivity index (χ1) is 30.4. The molecule has 2 bridgehead atoms. The van der Waals surface area contributed by atoms with Crippen molar-refractivity contribution in [2.75, 3.05) is 84.6 Å². The van der Waals surface area contributed by atoms with Gasteiger partial charge in [-0.3, -0.25) is 14.5 Å². The number of ether oxygens (including phenoxy) is 2. The minimum Gasteiger partial charge on any atom is -0.490 e. The van der Waals surface area contributed by atoms with Gasteiger partial charge in [0.25, 0.3) is 11.8 Å². The smallest absolute Gasteiger partial charge is 0.303 e. The largest absolute Gasteiger partial charge is 0.490 e. The van der Waals surface area contributed by atoms with E-state index in [4.69, 9.17) is 25.5 Å². The third kappa shape index (κ3) is 10.9. The number of aliphatic hydroxyl groups is 1. The van der Waals surface area contributed by atoms with Gasteiger partial charge in [0.2, 0.25) is 5.91 Å². The SMILES string of the molecule is CN1CC/C=C\[C@H](OCCN2CC(F)(F)C2)[C@@H]2CC[C@H]2CN2C[C@@]3(CCCc4cc(Cl)ccc43)COc3ccc(cc32)[C@@](O)(C(=O)NS(=O)(=O)N(C)CCO[Si](C)(C)C(C)(C)C)CC1=O. The fourth-order valence-corrected chi connectivity index (χ4v) is 11.8. The average molecular weight is 965 g/mol. The number of fused-ring (bicyclic) bond motifs is 4. The predicted octanol–water partition coefficient (Wildman–Crippen LogP) is 6.49. The van der Waals surface area contributed by atoms with Crippen molar-refractivity contribution in [1.29, 1.82) is 0 Å². The molecule has 0 aromatic heterocycles. The highest BCUT2D eigenvalue weighted by atomic mass is 35.5. The molecule has 2 fully saturated rings. The van der Waals surface area contributed by atoms with Crippen LogP contribution < -0.4 is 14.4 Å². The number of nitrogens with one attached hydrogen (secondary N) is 1. The maximum Gasteiger partial charge on any atom is 0.303 e. The summed E-state index contributed by atoms with van der Waals surface area (Å²) >= 11 is 6.52. The average Bonchev–Trinajstić information content (AvgIpc) is 3.35. The van der Waals surface area contributed by atoms with Crippen molar-refractivity contribution in [3.8, 4) is 5.75 Å². The maximum atomic E-state index is 14.5. The molecule has 2 N–H and O–H groups in total. The molecule has 1 spiro atoms. The van der Waals surface area contributed by atoms with Crippen LogP contribution in [0.1, 0.15) is 76.0 Å². The van der Waals surface area contributed by atoms with E-state index in [1.807, 2.05) is 24.3 Å². The van der Waals surface area contributed by atoms with Crippen molar-refractivity contribution in [2.45, 2.75) is 107 Å². The molecule has 5 aliphatic rings. The predicted molar refractivity (Wildman–Crippen MR) is 250 cm³/mol. The minimum atomic E-state index is -4.51. The van der Waals surface area contributed by atoms with Gasteiger partial charge in [0.1, 0.15) is 5.75 Å². The van der Waals surface area contributed by atoms with E-state index in [1.165, 1.54) is 23.6 Å². The molecule has 2 aromatic rings. The highest BCUT2D eigenvalue weighted by molar-refractivity contribution is 7.87. The van der Waals surface area contributed by atoms with Gasteiger partial charge in [-0.15, -0.1) is 0 Å². The van der Waals surface area contributed by atoms with Crippen molar-refractivity contribution >= 4 is 47.6 Å².